The molecule has 0 bridgehead atoms. The van der Waals surface area contributed by atoms with Crippen molar-refractivity contribution in [1.82, 2.24) is 10.2 Å². The number of hydrogen-bond acceptors (Lipinski definition) is 3. The van der Waals surface area contributed by atoms with Crippen molar-refractivity contribution in [2.45, 2.75) is 6.92 Å². The van der Waals surface area contributed by atoms with Crippen LogP contribution < -0.4 is 10.6 Å². The molecule has 1 aromatic rings. The molecule has 0 spiro atoms. The van der Waals surface area contributed by atoms with E-state index in [1.165, 1.54) is 0 Å². The summed E-state index contributed by atoms with van der Waals surface area (Å²) in [5, 5.41) is 14.4. The van der Waals surface area contributed by atoms with Crippen LogP contribution in [0.15, 0.2) is 18.2 Å². The molecular formula is C13H19N3O3. The van der Waals surface area contributed by atoms with Gasteiger partial charge in [-0.15, -0.1) is 0 Å². The van der Waals surface area contributed by atoms with Gasteiger partial charge in [-0.25, -0.2) is 9.59 Å². The summed E-state index contributed by atoms with van der Waals surface area (Å²) in [6.45, 7) is 2.90. The average molecular weight is 265 g/mol. The maximum atomic E-state index is 11.6. The van der Waals surface area contributed by atoms with Crippen LogP contribution in [0.4, 0.5) is 10.5 Å². The van der Waals surface area contributed by atoms with Gasteiger partial charge in [0.25, 0.3) is 0 Å². The Hall–Kier alpha value is -2.08. The average Bonchev–Trinajstić information content (AvgIpc) is 2.27. The minimum absolute atomic E-state index is 0.116. The van der Waals surface area contributed by atoms with Gasteiger partial charge in [0.2, 0.25) is 0 Å². The van der Waals surface area contributed by atoms with Crippen molar-refractivity contribution < 1.29 is 14.7 Å². The van der Waals surface area contributed by atoms with Crippen molar-refractivity contribution in [2.75, 3.05) is 32.5 Å². The second-order valence-electron chi connectivity index (χ2n) is 4.49. The zero-order valence-corrected chi connectivity index (χ0v) is 11.4. The molecule has 0 fully saturated rings. The first-order chi connectivity index (χ1) is 8.91. The van der Waals surface area contributed by atoms with Crippen molar-refractivity contribution in [3.8, 4) is 0 Å². The van der Waals surface area contributed by atoms with Crippen molar-refractivity contribution in [3.05, 3.63) is 29.3 Å². The maximum Gasteiger partial charge on any atom is 0.338 e. The highest BCUT2D eigenvalue weighted by molar-refractivity contribution is 6.01. The van der Waals surface area contributed by atoms with Gasteiger partial charge >= 0.3 is 12.0 Å². The Labute approximate surface area is 112 Å². The van der Waals surface area contributed by atoms with Gasteiger partial charge in [0.1, 0.15) is 0 Å². The quantitative estimate of drug-likeness (QED) is 0.751. The van der Waals surface area contributed by atoms with Gasteiger partial charge in [-0.05, 0) is 32.6 Å². The van der Waals surface area contributed by atoms with E-state index in [4.69, 9.17) is 5.11 Å². The van der Waals surface area contributed by atoms with Crippen LogP contribution in [0.1, 0.15) is 15.9 Å². The molecule has 1 rings (SSSR count). The van der Waals surface area contributed by atoms with Crippen LogP contribution in [0.3, 0.4) is 0 Å². The maximum absolute atomic E-state index is 11.6. The zero-order valence-electron chi connectivity index (χ0n) is 11.4. The molecule has 1 aromatic carbocycles. The smallest absolute Gasteiger partial charge is 0.338 e. The van der Waals surface area contributed by atoms with Gasteiger partial charge < -0.3 is 20.6 Å². The molecule has 0 aliphatic heterocycles. The van der Waals surface area contributed by atoms with E-state index < -0.39 is 12.0 Å². The van der Waals surface area contributed by atoms with E-state index in [2.05, 4.69) is 10.6 Å². The van der Waals surface area contributed by atoms with Crippen molar-refractivity contribution in [2.24, 2.45) is 0 Å². The zero-order chi connectivity index (χ0) is 14.4. The monoisotopic (exact) mass is 265 g/mol. The summed E-state index contributed by atoms with van der Waals surface area (Å²) in [5.74, 6) is -1.05. The summed E-state index contributed by atoms with van der Waals surface area (Å²) < 4.78 is 0. The van der Waals surface area contributed by atoms with E-state index >= 15 is 0 Å². The molecule has 19 heavy (non-hydrogen) atoms. The normalized spacial score (nSPS) is 10.3. The third kappa shape index (κ3) is 4.59. The van der Waals surface area contributed by atoms with Crippen LogP contribution in [-0.4, -0.2) is 49.2 Å². The minimum Gasteiger partial charge on any atom is -0.478 e. The fourth-order valence-corrected chi connectivity index (χ4v) is 1.62. The molecule has 0 radical (unpaired) electrons. The van der Waals surface area contributed by atoms with E-state index in [9.17, 15) is 9.59 Å². The second-order valence-corrected chi connectivity index (χ2v) is 4.49. The molecule has 0 heterocycles. The number of aromatic carboxylic acids is 1. The number of aryl methyl sites for hydroxylation is 1. The number of benzene rings is 1. The van der Waals surface area contributed by atoms with Gasteiger partial charge in [0.05, 0.1) is 11.3 Å². The molecule has 0 atom stereocenters. The van der Waals surface area contributed by atoms with Gasteiger partial charge in [-0.1, -0.05) is 12.1 Å². The predicted octanol–water partition coefficient (Wildman–Crippen LogP) is 1.38. The standard InChI is InChI=1S/C13H19N3O3/c1-9-5-4-6-10(11(9)12(17)18)15-13(19)14-7-8-16(2)3/h4-6H,7-8H2,1-3H3,(H,17,18)(H2,14,15,19). The lowest BCUT2D eigenvalue weighted by Crippen LogP contribution is -2.34. The highest BCUT2D eigenvalue weighted by atomic mass is 16.4. The summed E-state index contributed by atoms with van der Waals surface area (Å²) >= 11 is 0. The highest BCUT2D eigenvalue weighted by Crippen LogP contribution is 2.19. The first-order valence-corrected chi connectivity index (χ1v) is 5.94. The van der Waals surface area contributed by atoms with Crippen LogP contribution in [0.25, 0.3) is 0 Å². The number of rotatable bonds is 5. The summed E-state index contributed by atoms with van der Waals surface area (Å²) in [6.07, 6.45) is 0. The van der Waals surface area contributed by atoms with Crippen LogP contribution in [-0.2, 0) is 0 Å². The molecule has 6 heteroatoms. The fraction of sp³-hybridized carbons (Fsp3) is 0.385. The van der Waals surface area contributed by atoms with Crippen LogP contribution in [0.2, 0.25) is 0 Å². The first-order valence-electron chi connectivity index (χ1n) is 5.94. The number of anilines is 1. The second kappa shape index (κ2) is 6.75. The number of amides is 2. The van der Waals surface area contributed by atoms with Gasteiger partial charge in [-0.2, -0.15) is 0 Å². The number of carboxylic acid groups (broad SMARTS) is 1. The Morgan fingerprint density at radius 1 is 1.32 bits per heavy atom. The minimum atomic E-state index is -1.05. The molecule has 0 aliphatic carbocycles. The number of carbonyl (C=O) groups is 2. The SMILES string of the molecule is Cc1cccc(NC(=O)NCCN(C)C)c1C(=O)O. The van der Waals surface area contributed by atoms with Crippen LogP contribution in [0.5, 0.6) is 0 Å². The summed E-state index contributed by atoms with van der Waals surface area (Å²) in [7, 11) is 3.81. The Morgan fingerprint density at radius 2 is 2.00 bits per heavy atom. The Kier molecular flexibility index (Phi) is 5.32. The largest absolute Gasteiger partial charge is 0.478 e. The third-order valence-corrected chi connectivity index (χ3v) is 2.58. The number of hydrogen-bond donors (Lipinski definition) is 3. The van der Waals surface area contributed by atoms with E-state index in [-0.39, 0.29) is 5.56 Å². The number of nitrogens with one attached hydrogen (secondary N) is 2. The third-order valence-electron chi connectivity index (χ3n) is 2.58. The van der Waals surface area contributed by atoms with E-state index in [0.717, 1.165) is 0 Å². The van der Waals surface area contributed by atoms with Crippen molar-refractivity contribution in [1.29, 1.82) is 0 Å². The van der Waals surface area contributed by atoms with Gasteiger partial charge in [0, 0.05) is 13.1 Å². The summed E-state index contributed by atoms with van der Waals surface area (Å²) in [5.41, 5.74) is 1.03. The van der Waals surface area contributed by atoms with E-state index in [1.54, 1.807) is 25.1 Å². The molecule has 0 aromatic heterocycles. The molecule has 0 saturated carbocycles. The van der Waals surface area contributed by atoms with Gasteiger partial charge in [0.15, 0.2) is 0 Å². The van der Waals surface area contributed by atoms with Crippen molar-refractivity contribution in [3.63, 3.8) is 0 Å². The number of nitrogens with zero attached hydrogens (tertiary/aromatic N) is 1. The van der Waals surface area contributed by atoms with Crippen molar-refractivity contribution >= 4 is 17.7 Å². The highest BCUT2D eigenvalue weighted by Gasteiger charge is 2.14. The fourth-order valence-electron chi connectivity index (χ4n) is 1.62. The lowest BCUT2D eigenvalue weighted by molar-refractivity contribution is 0.0697. The number of urea groups is 1. The molecule has 0 unspecified atom stereocenters. The number of likely N-dealkylation sites (N-methyl/N-ethyl adjacent to an activating group) is 1. The Morgan fingerprint density at radius 3 is 2.58 bits per heavy atom. The molecule has 0 aliphatic rings. The Balaban J connectivity index is 2.69. The molecular weight excluding hydrogens is 246 g/mol. The molecule has 104 valence electrons. The summed E-state index contributed by atoms with van der Waals surface area (Å²) in [6, 6.07) is 4.56. The van der Waals surface area contributed by atoms with Crippen LogP contribution >= 0.6 is 0 Å². The molecule has 2 amide bonds. The lowest BCUT2D eigenvalue weighted by Gasteiger charge is -2.13. The van der Waals surface area contributed by atoms with E-state index in [1.807, 2.05) is 19.0 Å². The predicted molar refractivity (Wildman–Crippen MR) is 73.7 cm³/mol. The summed E-state index contributed by atoms with van der Waals surface area (Å²) in [4.78, 5) is 24.7. The molecule has 0 saturated heterocycles. The topological polar surface area (TPSA) is 81.7 Å². The first kappa shape index (κ1) is 15.0. The van der Waals surface area contributed by atoms with Crippen LogP contribution in [0, 0.1) is 6.92 Å². The molecule has 3 N–H and O–H groups in total. The van der Waals surface area contributed by atoms with E-state index in [0.29, 0.717) is 24.3 Å². The van der Waals surface area contributed by atoms with Gasteiger partial charge in [-0.3, -0.25) is 0 Å². The number of carbonyl (C=O) groups excluding carboxylic acids is 1. The number of carboxylic acids is 1. The lowest BCUT2D eigenvalue weighted by atomic mass is 10.1. The Bertz CT molecular complexity index is 472. The molecule has 6 nitrogen and oxygen atoms in total.